The summed E-state index contributed by atoms with van der Waals surface area (Å²) in [6.45, 7) is 5.92. The third-order valence-electron chi connectivity index (χ3n) is 4.04. The van der Waals surface area contributed by atoms with E-state index in [1.807, 2.05) is 31.2 Å². The Hall–Kier alpha value is -2.21. The highest BCUT2D eigenvalue weighted by molar-refractivity contribution is 5.95. The average molecular weight is 303 g/mol. The molecule has 0 bridgehead atoms. The van der Waals surface area contributed by atoms with Gasteiger partial charge in [-0.3, -0.25) is 4.79 Å². The first-order valence-corrected chi connectivity index (χ1v) is 7.47. The number of aryl methyl sites for hydroxylation is 1. The van der Waals surface area contributed by atoms with E-state index in [-0.39, 0.29) is 24.4 Å². The van der Waals surface area contributed by atoms with Crippen LogP contribution in [0.15, 0.2) is 34.5 Å². The number of para-hydroxylation sites is 1. The molecule has 0 atom stereocenters. The standard InChI is InChI=1S/C16H21N3O3/c1-4-16(22,5-2)15(21)18-17-13-11-9-7-8-10-12(11)19(6-3)14(13)20/h7-10,20,22H,4-6H2,1-3H3. The molecule has 6 heteroatoms. The lowest BCUT2D eigenvalue weighted by atomic mass is 9.97. The minimum absolute atomic E-state index is 0.0308. The second-order valence-electron chi connectivity index (χ2n) is 5.18. The Bertz CT molecular complexity index is 715. The van der Waals surface area contributed by atoms with E-state index in [1.165, 1.54) is 0 Å². The number of carbonyl (C=O) groups is 1. The molecule has 0 aliphatic carbocycles. The molecule has 2 N–H and O–H groups in total. The van der Waals surface area contributed by atoms with Gasteiger partial charge in [0, 0.05) is 11.9 Å². The lowest BCUT2D eigenvalue weighted by molar-refractivity contribution is -0.137. The van der Waals surface area contributed by atoms with Gasteiger partial charge in [0.05, 0.1) is 5.52 Å². The van der Waals surface area contributed by atoms with Crippen LogP contribution in [-0.4, -0.2) is 26.3 Å². The lowest BCUT2D eigenvalue weighted by Crippen LogP contribution is -2.35. The Labute approximate surface area is 129 Å². The van der Waals surface area contributed by atoms with Gasteiger partial charge in [0.25, 0.3) is 5.91 Å². The molecule has 1 aromatic carbocycles. The molecule has 22 heavy (non-hydrogen) atoms. The third-order valence-corrected chi connectivity index (χ3v) is 4.04. The van der Waals surface area contributed by atoms with E-state index in [2.05, 4.69) is 10.2 Å². The average Bonchev–Trinajstić information content (AvgIpc) is 2.82. The first-order chi connectivity index (χ1) is 10.5. The van der Waals surface area contributed by atoms with Gasteiger partial charge in [-0.1, -0.05) is 32.0 Å². The molecule has 0 unspecified atom stereocenters. The van der Waals surface area contributed by atoms with Gasteiger partial charge in [0.15, 0.2) is 5.69 Å². The summed E-state index contributed by atoms with van der Waals surface area (Å²) in [6.07, 6.45) is 0.536. The first kappa shape index (κ1) is 16.2. The third kappa shape index (κ3) is 2.62. The van der Waals surface area contributed by atoms with Crippen molar-refractivity contribution in [3.8, 4) is 5.88 Å². The smallest absolute Gasteiger partial charge is 0.296 e. The zero-order valence-corrected chi connectivity index (χ0v) is 13.1. The summed E-state index contributed by atoms with van der Waals surface area (Å²) in [4.78, 5) is 12.0. The molecule has 0 radical (unpaired) electrons. The lowest BCUT2D eigenvalue weighted by Gasteiger charge is -2.19. The van der Waals surface area contributed by atoms with Gasteiger partial charge in [-0.2, -0.15) is 0 Å². The number of rotatable bonds is 5. The summed E-state index contributed by atoms with van der Waals surface area (Å²) < 4.78 is 1.69. The van der Waals surface area contributed by atoms with Crippen molar-refractivity contribution in [3.63, 3.8) is 0 Å². The van der Waals surface area contributed by atoms with Crippen molar-refractivity contribution in [2.45, 2.75) is 45.8 Å². The number of aromatic nitrogens is 1. The van der Waals surface area contributed by atoms with E-state index in [4.69, 9.17) is 0 Å². The maximum atomic E-state index is 12.0. The van der Waals surface area contributed by atoms with Crippen LogP contribution in [0.4, 0.5) is 5.69 Å². The molecule has 0 aliphatic rings. The predicted molar refractivity (Wildman–Crippen MR) is 84.3 cm³/mol. The molecule has 0 saturated carbocycles. The fourth-order valence-corrected chi connectivity index (χ4v) is 2.43. The number of aromatic hydroxyl groups is 1. The summed E-state index contributed by atoms with van der Waals surface area (Å²) in [7, 11) is 0. The fraction of sp³-hybridized carbons (Fsp3) is 0.438. The maximum absolute atomic E-state index is 12.0. The number of fused-ring (bicyclic) bond motifs is 1. The van der Waals surface area contributed by atoms with Gasteiger partial charge in [-0.15, -0.1) is 10.2 Å². The monoisotopic (exact) mass is 303 g/mol. The van der Waals surface area contributed by atoms with Crippen molar-refractivity contribution in [1.29, 1.82) is 0 Å². The maximum Gasteiger partial charge on any atom is 0.296 e. The molecular weight excluding hydrogens is 282 g/mol. The van der Waals surface area contributed by atoms with Crippen molar-refractivity contribution < 1.29 is 15.0 Å². The van der Waals surface area contributed by atoms with Crippen molar-refractivity contribution in [3.05, 3.63) is 24.3 Å². The van der Waals surface area contributed by atoms with Crippen molar-refractivity contribution in [1.82, 2.24) is 4.57 Å². The number of aliphatic hydroxyl groups is 1. The van der Waals surface area contributed by atoms with Crippen LogP contribution < -0.4 is 0 Å². The normalized spacial score (nSPS) is 12.4. The first-order valence-electron chi connectivity index (χ1n) is 7.47. The number of amides is 1. The Balaban J connectivity index is 2.46. The molecule has 1 heterocycles. The van der Waals surface area contributed by atoms with Crippen LogP contribution in [0.25, 0.3) is 10.9 Å². The zero-order chi connectivity index (χ0) is 16.3. The van der Waals surface area contributed by atoms with Crippen molar-refractivity contribution >= 4 is 22.5 Å². The zero-order valence-electron chi connectivity index (χ0n) is 13.1. The highest BCUT2D eigenvalue weighted by Gasteiger charge is 2.32. The topological polar surface area (TPSA) is 87.2 Å². The van der Waals surface area contributed by atoms with Crippen molar-refractivity contribution in [2.75, 3.05) is 0 Å². The Morgan fingerprint density at radius 1 is 1.23 bits per heavy atom. The van der Waals surface area contributed by atoms with E-state index in [0.29, 0.717) is 6.54 Å². The number of azo groups is 1. The van der Waals surface area contributed by atoms with E-state index in [9.17, 15) is 15.0 Å². The summed E-state index contributed by atoms with van der Waals surface area (Å²) in [5, 5.41) is 28.7. The molecule has 0 spiro atoms. The van der Waals surface area contributed by atoms with E-state index >= 15 is 0 Å². The molecule has 0 fully saturated rings. The minimum atomic E-state index is -1.50. The van der Waals surface area contributed by atoms with E-state index in [0.717, 1.165) is 10.9 Å². The Morgan fingerprint density at radius 2 is 1.86 bits per heavy atom. The highest BCUT2D eigenvalue weighted by Crippen LogP contribution is 2.38. The quantitative estimate of drug-likeness (QED) is 0.828. The van der Waals surface area contributed by atoms with E-state index in [1.54, 1.807) is 18.4 Å². The van der Waals surface area contributed by atoms with Gasteiger partial charge in [-0.05, 0) is 25.8 Å². The summed E-state index contributed by atoms with van der Waals surface area (Å²) in [6, 6.07) is 7.38. The molecule has 1 amide bonds. The number of benzene rings is 1. The number of hydrogen-bond acceptors (Lipinski definition) is 4. The number of carbonyl (C=O) groups excluding carboxylic acids is 1. The molecular formula is C16H21N3O3. The summed E-state index contributed by atoms with van der Waals surface area (Å²) in [5.74, 6) is -0.720. The minimum Gasteiger partial charge on any atom is -0.493 e. The second kappa shape index (κ2) is 6.27. The Morgan fingerprint density at radius 3 is 2.45 bits per heavy atom. The van der Waals surface area contributed by atoms with Crippen LogP contribution in [0.1, 0.15) is 33.6 Å². The van der Waals surface area contributed by atoms with E-state index < -0.39 is 11.5 Å². The summed E-state index contributed by atoms with van der Waals surface area (Å²) >= 11 is 0. The molecule has 6 nitrogen and oxygen atoms in total. The molecule has 0 saturated heterocycles. The number of hydrogen-bond donors (Lipinski definition) is 2. The molecule has 1 aromatic heterocycles. The SMILES string of the molecule is CCn1c(O)c(N=NC(=O)C(O)(CC)CC)c2ccccc21. The van der Waals surface area contributed by atoms with Crippen LogP contribution in [0.5, 0.6) is 5.88 Å². The van der Waals surface area contributed by atoms with Gasteiger partial charge in [-0.25, -0.2) is 0 Å². The van der Waals surface area contributed by atoms with Crippen LogP contribution in [0, 0.1) is 0 Å². The largest absolute Gasteiger partial charge is 0.493 e. The van der Waals surface area contributed by atoms with Crippen LogP contribution in [0.3, 0.4) is 0 Å². The van der Waals surface area contributed by atoms with Crippen LogP contribution >= 0.6 is 0 Å². The second-order valence-corrected chi connectivity index (χ2v) is 5.18. The van der Waals surface area contributed by atoms with Crippen LogP contribution in [-0.2, 0) is 11.3 Å². The van der Waals surface area contributed by atoms with Gasteiger partial charge < -0.3 is 14.8 Å². The molecule has 2 rings (SSSR count). The van der Waals surface area contributed by atoms with Gasteiger partial charge >= 0.3 is 0 Å². The molecule has 0 aliphatic heterocycles. The van der Waals surface area contributed by atoms with Crippen molar-refractivity contribution in [2.24, 2.45) is 10.2 Å². The predicted octanol–water partition coefficient (Wildman–Crippen LogP) is 3.53. The van der Waals surface area contributed by atoms with Gasteiger partial charge in [0.1, 0.15) is 5.60 Å². The van der Waals surface area contributed by atoms with Crippen LogP contribution in [0.2, 0.25) is 0 Å². The Kier molecular flexibility index (Phi) is 4.61. The summed E-state index contributed by atoms with van der Waals surface area (Å²) in [5.41, 5.74) is -0.423. The number of nitrogens with zero attached hydrogens (tertiary/aromatic N) is 3. The highest BCUT2D eigenvalue weighted by atomic mass is 16.3. The molecule has 2 aromatic rings. The molecule has 118 valence electrons. The fourth-order valence-electron chi connectivity index (χ4n) is 2.43. The van der Waals surface area contributed by atoms with Gasteiger partial charge in [0.2, 0.25) is 5.88 Å².